The first kappa shape index (κ1) is 24.0. The first-order chi connectivity index (χ1) is 16.7. The van der Waals surface area contributed by atoms with Crippen LogP contribution in [0.1, 0.15) is 23.6 Å². The molecule has 1 aromatic heterocycles. The summed E-state index contributed by atoms with van der Waals surface area (Å²) in [5.74, 6) is 2.46. The number of nitrogens with zero attached hydrogens (tertiary/aromatic N) is 1. The number of benzene rings is 3. The minimum absolute atomic E-state index is 0.0747. The van der Waals surface area contributed by atoms with Crippen LogP contribution in [0.2, 0.25) is 0 Å². The second-order valence-corrected chi connectivity index (χ2v) is 10.2. The number of rotatable bonds is 7. The van der Waals surface area contributed by atoms with Crippen LogP contribution in [-0.4, -0.2) is 17.5 Å². The van der Waals surface area contributed by atoms with E-state index in [1.807, 2.05) is 19.9 Å². The summed E-state index contributed by atoms with van der Waals surface area (Å²) in [5.41, 5.74) is 0.851. The minimum atomic E-state index is -1.38. The zero-order valence-electron chi connectivity index (χ0n) is 19.6. The number of non-ortho nitro benzene ring substituents is 1. The molecule has 0 N–H and O–H groups in total. The van der Waals surface area contributed by atoms with E-state index in [4.69, 9.17) is 15.9 Å². The fraction of sp³-hybridized carbons (Fsp3) is 0.179. The van der Waals surface area contributed by atoms with E-state index < -0.39 is 16.5 Å². The van der Waals surface area contributed by atoms with Gasteiger partial charge in [-0.1, -0.05) is 18.1 Å². The van der Waals surface area contributed by atoms with E-state index in [2.05, 4.69) is 47.7 Å². The molecule has 176 valence electrons. The number of fused-ring (bicyclic) bond motifs is 1. The lowest BCUT2D eigenvalue weighted by Crippen LogP contribution is -2.30. The molecule has 6 nitrogen and oxygen atoms in total. The summed E-state index contributed by atoms with van der Waals surface area (Å²) >= 11 is 0. The van der Waals surface area contributed by atoms with Gasteiger partial charge in [-0.05, 0) is 56.2 Å². The maximum Gasteiger partial charge on any atom is 0.345 e. The molecule has 2 atom stereocenters. The normalized spacial score (nSPS) is 13.0. The molecule has 3 aromatic carbocycles. The lowest BCUT2D eigenvalue weighted by Gasteiger charge is -2.24. The van der Waals surface area contributed by atoms with Crippen molar-refractivity contribution < 1.29 is 19.2 Å². The SMILES string of the molecule is C#CC(C)(OC(=O)COc1c(C)cc(-[s+]2ccc3ccccc32)cc1C)c1ccc([N+](=O)[O-])cc1. The Morgan fingerprint density at radius 3 is 2.37 bits per heavy atom. The van der Waals surface area contributed by atoms with Crippen molar-refractivity contribution in [1.82, 2.24) is 0 Å². The summed E-state index contributed by atoms with van der Waals surface area (Å²) in [5, 5.41) is 14.3. The number of carbonyl (C=O) groups excluding carboxylic acids is 1. The number of aryl methyl sites for hydroxylation is 2. The third-order valence-corrected chi connectivity index (χ3v) is 7.78. The highest BCUT2D eigenvalue weighted by atomic mass is 32.2. The summed E-state index contributed by atoms with van der Waals surface area (Å²) in [7, 11) is -0.140. The highest BCUT2D eigenvalue weighted by Crippen LogP contribution is 2.42. The van der Waals surface area contributed by atoms with Crippen LogP contribution in [-0.2, 0) is 15.1 Å². The number of thiophene rings is 1. The Morgan fingerprint density at radius 1 is 1.09 bits per heavy atom. The van der Waals surface area contributed by atoms with Crippen molar-refractivity contribution in [3.63, 3.8) is 0 Å². The number of hydrogen-bond acceptors (Lipinski definition) is 5. The van der Waals surface area contributed by atoms with Gasteiger partial charge in [0.05, 0.1) is 4.92 Å². The third kappa shape index (κ3) is 4.88. The Bertz CT molecular complexity index is 1440. The fourth-order valence-electron chi connectivity index (χ4n) is 3.96. The van der Waals surface area contributed by atoms with Gasteiger partial charge < -0.3 is 9.47 Å². The van der Waals surface area contributed by atoms with E-state index in [0.29, 0.717) is 11.3 Å². The van der Waals surface area contributed by atoms with Crippen molar-refractivity contribution >= 4 is 32.2 Å². The van der Waals surface area contributed by atoms with Gasteiger partial charge in [0.25, 0.3) is 5.69 Å². The van der Waals surface area contributed by atoms with E-state index in [0.717, 1.165) is 11.1 Å². The molecule has 7 heteroatoms. The molecular formula is C28H24NO5S+. The van der Waals surface area contributed by atoms with Crippen molar-refractivity contribution in [1.29, 1.82) is 0 Å². The summed E-state index contributed by atoms with van der Waals surface area (Å²) in [4.78, 5) is 24.2. The van der Waals surface area contributed by atoms with E-state index >= 15 is 0 Å². The van der Waals surface area contributed by atoms with Crippen LogP contribution in [0.5, 0.6) is 5.75 Å². The van der Waals surface area contributed by atoms with E-state index in [-0.39, 0.29) is 22.8 Å². The van der Waals surface area contributed by atoms with E-state index in [1.54, 1.807) is 6.92 Å². The first-order valence-electron chi connectivity index (χ1n) is 10.9. The zero-order valence-corrected chi connectivity index (χ0v) is 20.4. The second kappa shape index (κ2) is 9.61. The van der Waals surface area contributed by atoms with Crippen LogP contribution < -0.4 is 4.74 Å². The lowest BCUT2D eigenvalue weighted by atomic mass is 9.96. The maximum absolute atomic E-state index is 12.6. The van der Waals surface area contributed by atoms with Gasteiger partial charge in [0.15, 0.2) is 21.8 Å². The van der Waals surface area contributed by atoms with Crippen LogP contribution >= 0.6 is 10.5 Å². The third-order valence-electron chi connectivity index (χ3n) is 5.78. The van der Waals surface area contributed by atoms with Crippen LogP contribution in [0.15, 0.2) is 72.1 Å². The van der Waals surface area contributed by atoms with Gasteiger partial charge in [0.1, 0.15) is 11.1 Å². The molecular weight excluding hydrogens is 462 g/mol. The summed E-state index contributed by atoms with van der Waals surface area (Å²) in [6.07, 6.45) is 5.64. The Labute approximate surface area is 206 Å². The monoisotopic (exact) mass is 486 g/mol. The molecule has 2 unspecified atom stereocenters. The molecule has 4 rings (SSSR count). The van der Waals surface area contributed by atoms with Gasteiger partial charge in [-0.2, -0.15) is 0 Å². The summed E-state index contributed by atoms with van der Waals surface area (Å²) < 4.78 is 12.7. The molecule has 0 amide bonds. The lowest BCUT2D eigenvalue weighted by molar-refractivity contribution is -0.384. The number of ether oxygens (including phenoxy) is 2. The topological polar surface area (TPSA) is 78.7 Å². The number of nitro benzene ring substituents is 1. The summed E-state index contributed by atoms with van der Waals surface area (Å²) in [6, 6.07) is 20.3. The molecule has 0 fully saturated rings. The Balaban J connectivity index is 1.48. The molecule has 0 aliphatic carbocycles. The molecule has 0 saturated carbocycles. The van der Waals surface area contributed by atoms with Crippen LogP contribution in [0.3, 0.4) is 0 Å². The molecule has 35 heavy (non-hydrogen) atoms. The van der Waals surface area contributed by atoms with E-state index in [9.17, 15) is 14.9 Å². The molecule has 0 aliphatic heterocycles. The van der Waals surface area contributed by atoms with Gasteiger partial charge in [-0.15, -0.1) is 6.42 Å². The number of carbonyl (C=O) groups is 1. The molecule has 0 spiro atoms. The van der Waals surface area contributed by atoms with Crippen LogP contribution in [0.4, 0.5) is 5.69 Å². The quantitative estimate of drug-likeness (QED) is 0.0970. The van der Waals surface area contributed by atoms with Crippen molar-refractivity contribution in [2.75, 3.05) is 6.61 Å². The zero-order chi connectivity index (χ0) is 25.2. The predicted octanol–water partition coefficient (Wildman–Crippen LogP) is 6.57. The van der Waals surface area contributed by atoms with Gasteiger partial charge in [0, 0.05) is 51.8 Å². The maximum atomic E-state index is 12.6. The molecule has 0 radical (unpaired) electrons. The number of hydrogen-bond donors (Lipinski definition) is 0. The number of nitro groups is 1. The highest BCUT2D eigenvalue weighted by Gasteiger charge is 2.30. The van der Waals surface area contributed by atoms with Gasteiger partial charge in [-0.25, -0.2) is 4.79 Å². The fourth-order valence-corrected chi connectivity index (χ4v) is 6.03. The predicted molar refractivity (Wildman–Crippen MR) is 138 cm³/mol. The van der Waals surface area contributed by atoms with Crippen LogP contribution in [0.25, 0.3) is 15.0 Å². The number of esters is 1. The molecule has 1 heterocycles. The smallest absolute Gasteiger partial charge is 0.345 e. The average Bonchev–Trinajstić information content (AvgIpc) is 3.27. The minimum Gasteiger partial charge on any atom is -0.481 e. The second-order valence-electron chi connectivity index (χ2n) is 8.31. The molecule has 0 aliphatic rings. The average molecular weight is 487 g/mol. The van der Waals surface area contributed by atoms with Crippen molar-refractivity contribution in [3.05, 3.63) is 98.9 Å². The Hall–Kier alpha value is -4.15. The van der Waals surface area contributed by atoms with Crippen molar-refractivity contribution in [2.24, 2.45) is 0 Å². The van der Waals surface area contributed by atoms with Gasteiger partial charge >= 0.3 is 5.97 Å². The molecule has 4 aromatic rings. The van der Waals surface area contributed by atoms with Crippen LogP contribution in [0, 0.1) is 36.3 Å². The number of terminal acetylenes is 1. The molecule has 0 saturated heterocycles. The van der Waals surface area contributed by atoms with Crippen molar-refractivity contribution in [2.45, 2.75) is 26.4 Å². The summed E-state index contributed by atoms with van der Waals surface area (Å²) in [6.45, 7) is 5.15. The largest absolute Gasteiger partial charge is 0.481 e. The first-order valence-corrected chi connectivity index (χ1v) is 12.2. The standard InChI is InChI=1S/C28H24NO5S/c1-5-28(4,22-10-12-23(13-11-22)29(31)32)34-26(30)18-33-27-19(2)16-24(17-20(27)3)35-15-14-21-8-6-7-9-25(21)35/h1,6-17H,18H2,2-4H3/q+1. The van der Waals surface area contributed by atoms with E-state index in [1.165, 1.54) is 39.2 Å². The van der Waals surface area contributed by atoms with Gasteiger partial charge in [-0.3, -0.25) is 10.1 Å². The van der Waals surface area contributed by atoms with Crippen molar-refractivity contribution in [3.8, 4) is 23.0 Å². The van der Waals surface area contributed by atoms with Gasteiger partial charge in [0.2, 0.25) is 0 Å². The Morgan fingerprint density at radius 2 is 1.74 bits per heavy atom. The Kier molecular flexibility index (Phi) is 6.59. The highest BCUT2D eigenvalue weighted by molar-refractivity contribution is 7.43. The molecule has 0 bridgehead atoms.